The van der Waals surface area contributed by atoms with Crippen LogP contribution in [0.5, 0.6) is 0 Å². The maximum absolute atomic E-state index is 11.6. The molecular weight excluding hydrogens is 216 g/mol. The fourth-order valence-corrected chi connectivity index (χ4v) is 2.88. The van der Waals surface area contributed by atoms with Gasteiger partial charge in [-0.3, -0.25) is 0 Å². The van der Waals surface area contributed by atoms with Crippen molar-refractivity contribution in [1.82, 2.24) is 10.6 Å². The van der Waals surface area contributed by atoms with E-state index in [-0.39, 0.29) is 6.09 Å². The van der Waals surface area contributed by atoms with Crippen LogP contribution in [0.4, 0.5) is 4.79 Å². The number of hydrogen-bond donors (Lipinski definition) is 2. The van der Waals surface area contributed by atoms with Crippen molar-refractivity contribution in [3.05, 3.63) is 0 Å². The van der Waals surface area contributed by atoms with E-state index in [2.05, 4.69) is 10.6 Å². The first-order valence-corrected chi connectivity index (χ1v) is 6.79. The summed E-state index contributed by atoms with van der Waals surface area (Å²) in [6.45, 7) is 6.87. The molecule has 2 fully saturated rings. The summed E-state index contributed by atoms with van der Waals surface area (Å²) in [5.41, 5.74) is 0. The van der Waals surface area contributed by atoms with Gasteiger partial charge in [0.25, 0.3) is 0 Å². The van der Waals surface area contributed by atoms with Crippen molar-refractivity contribution in [2.75, 3.05) is 19.7 Å². The predicted molar refractivity (Wildman–Crippen MR) is 66.8 cm³/mol. The molecule has 0 bridgehead atoms. The summed E-state index contributed by atoms with van der Waals surface area (Å²) in [7, 11) is 0. The number of alkyl carbamates (subject to hydrolysis) is 1. The largest absolute Gasteiger partial charge is 0.449 e. The summed E-state index contributed by atoms with van der Waals surface area (Å²) in [6.07, 6.45) is 3.19. The molecule has 0 radical (unpaired) electrons. The van der Waals surface area contributed by atoms with Crippen LogP contribution in [-0.4, -0.2) is 31.8 Å². The zero-order chi connectivity index (χ0) is 12.3. The van der Waals surface area contributed by atoms with Gasteiger partial charge in [-0.15, -0.1) is 0 Å². The Hall–Kier alpha value is -0.770. The van der Waals surface area contributed by atoms with Crippen LogP contribution in [0.25, 0.3) is 0 Å². The van der Waals surface area contributed by atoms with Gasteiger partial charge in [0.15, 0.2) is 0 Å². The third-order valence-corrected chi connectivity index (χ3v) is 3.82. The van der Waals surface area contributed by atoms with Crippen molar-refractivity contribution in [2.45, 2.75) is 39.2 Å². The number of amides is 1. The number of carbonyl (C=O) groups excluding carboxylic acids is 1. The molecule has 4 heteroatoms. The Kier molecular flexibility index (Phi) is 4.26. The molecule has 1 aliphatic heterocycles. The van der Waals surface area contributed by atoms with Crippen LogP contribution in [-0.2, 0) is 4.74 Å². The van der Waals surface area contributed by atoms with Gasteiger partial charge in [-0.05, 0) is 50.1 Å². The average Bonchev–Trinajstić information content (AvgIpc) is 2.73. The summed E-state index contributed by atoms with van der Waals surface area (Å²) in [4.78, 5) is 11.6. The molecule has 4 nitrogen and oxygen atoms in total. The van der Waals surface area contributed by atoms with Gasteiger partial charge in [0.2, 0.25) is 0 Å². The minimum Gasteiger partial charge on any atom is -0.449 e. The van der Waals surface area contributed by atoms with Crippen molar-refractivity contribution in [3.8, 4) is 0 Å². The molecule has 1 unspecified atom stereocenters. The standard InChI is InChI=1S/C13H24N2O2/c1-9(2)8-17-13(16)15-12-4-3-10-6-14-7-11(10)5-12/h9-12,14H,3-8H2,1-2H3,(H,15,16)/t10-,11+,12?/m1/s1. The molecule has 1 aliphatic carbocycles. The number of hydrogen-bond acceptors (Lipinski definition) is 3. The number of fused-ring (bicyclic) bond motifs is 1. The second kappa shape index (κ2) is 5.71. The van der Waals surface area contributed by atoms with Crippen molar-refractivity contribution in [2.24, 2.45) is 17.8 Å². The van der Waals surface area contributed by atoms with E-state index in [4.69, 9.17) is 4.74 Å². The highest BCUT2D eigenvalue weighted by atomic mass is 16.5. The van der Waals surface area contributed by atoms with Gasteiger partial charge in [-0.25, -0.2) is 4.79 Å². The third-order valence-electron chi connectivity index (χ3n) is 3.82. The second-order valence-corrected chi connectivity index (χ2v) is 5.83. The Morgan fingerprint density at radius 2 is 2.12 bits per heavy atom. The molecule has 0 aromatic heterocycles. The van der Waals surface area contributed by atoms with Gasteiger partial charge < -0.3 is 15.4 Å². The molecule has 0 aromatic rings. The zero-order valence-corrected chi connectivity index (χ0v) is 10.9. The second-order valence-electron chi connectivity index (χ2n) is 5.83. The van der Waals surface area contributed by atoms with Crippen molar-refractivity contribution < 1.29 is 9.53 Å². The van der Waals surface area contributed by atoms with Crippen molar-refractivity contribution in [1.29, 1.82) is 0 Å². The maximum Gasteiger partial charge on any atom is 0.407 e. The lowest BCUT2D eigenvalue weighted by atomic mass is 9.79. The summed E-state index contributed by atoms with van der Waals surface area (Å²) in [6, 6.07) is 0.316. The normalized spacial score (nSPS) is 32.3. The number of carbonyl (C=O) groups is 1. The van der Waals surface area contributed by atoms with E-state index in [1.54, 1.807) is 0 Å². The predicted octanol–water partition coefficient (Wildman–Crippen LogP) is 1.76. The van der Waals surface area contributed by atoms with E-state index < -0.39 is 0 Å². The highest BCUT2D eigenvalue weighted by Gasteiger charge is 2.34. The van der Waals surface area contributed by atoms with Crippen LogP contribution in [0, 0.1) is 17.8 Å². The van der Waals surface area contributed by atoms with Crippen LogP contribution in [0.15, 0.2) is 0 Å². The van der Waals surface area contributed by atoms with E-state index in [9.17, 15) is 4.79 Å². The Morgan fingerprint density at radius 3 is 2.88 bits per heavy atom. The molecule has 0 spiro atoms. The molecule has 1 heterocycles. The molecule has 2 N–H and O–H groups in total. The minimum absolute atomic E-state index is 0.242. The van der Waals surface area contributed by atoms with Gasteiger partial charge in [0, 0.05) is 6.04 Å². The molecule has 98 valence electrons. The first-order valence-electron chi connectivity index (χ1n) is 6.79. The fraction of sp³-hybridized carbons (Fsp3) is 0.923. The molecule has 3 atom stereocenters. The monoisotopic (exact) mass is 240 g/mol. The zero-order valence-electron chi connectivity index (χ0n) is 10.9. The Morgan fingerprint density at radius 1 is 1.35 bits per heavy atom. The Labute approximate surface area is 103 Å². The minimum atomic E-state index is -0.242. The molecule has 2 rings (SSSR count). The lowest BCUT2D eigenvalue weighted by Gasteiger charge is -2.31. The van der Waals surface area contributed by atoms with E-state index in [0.29, 0.717) is 18.6 Å². The van der Waals surface area contributed by atoms with Gasteiger partial charge in [0.05, 0.1) is 6.61 Å². The van der Waals surface area contributed by atoms with Crippen molar-refractivity contribution >= 4 is 6.09 Å². The SMILES string of the molecule is CC(C)COC(=O)NC1CC[C@@H]2CNC[C@@H]2C1. The molecule has 17 heavy (non-hydrogen) atoms. The van der Waals surface area contributed by atoms with E-state index >= 15 is 0 Å². The summed E-state index contributed by atoms with van der Waals surface area (Å²) >= 11 is 0. The number of nitrogens with one attached hydrogen (secondary N) is 2. The smallest absolute Gasteiger partial charge is 0.407 e. The van der Waals surface area contributed by atoms with Gasteiger partial charge >= 0.3 is 6.09 Å². The lowest BCUT2D eigenvalue weighted by Crippen LogP contribution is -2.41. The Balaban J connectivity index is 1.70. The Bertz CT molecular complexity index is 268. The van der Waals surface area contributed by atoms with E-state index in [1.165, 1.54) is 6.42 Å². The first-order chi connectivity index (χ1) is 8.15. The first kappa shape index (κ1) is 12.7. The van der Waals surface area contributed by atoms with Crippen LogP contribution in [0.3, 0.4) is 0 Å². The van der Waals surface area contributed by atoms with Crippen LogP contribution < -0.4 is 10.6 Å². The summed E-state index contributed by atoms with van der Waals surface area (Å²) in [5, 5.41) is 6.43. The molecule has 1 saturated heterocycles. The van der Waals surface area contributed by atoms with Crippen LogP contribution in [0.1, 0.15) is 33.1 Å². The summed E-state index contributed by atoms with van der Waals surface area (Å²) < 4.78 is 5.15. The highest BCUT2D eigenvalue weighted by molar-refractivity contribution is 5.67. The molecule has 0 aromatic carbocycles. The van der Waals surface area contributed by atoms with Crippen LogP contribution >= 0.6 is 0 Å². The van der Waals surface area contributed by atoms with Gasteiger partial charge in [-0.2, -0.15) is 0 Å². The molecule has 1 saturated carbocycles. The summed E-state index contributed by atoms with van der Waals surface area (Å²) in [5.74, 6) is 1.98. The molecule has 1 amide bonds. The van der Waals surface area contributed by atoms with E-state index in [1.807, 2.05) is 13.8 Å². The molecular formula is C13H24N2O2. The van der Waals surface area contributed by atoms with Gasteiger partial charge in [-0.1, -0.05) is 13.8 Å². The number of rotatable bonds is 3. The molecule has 2 aliphatic rings. The third kappa shape index (κ3) is 3.60. The van der Waals surface area contributed by atoms with E-state index in [0.717, 1.165) is 37.8 Å². The van der Waals surface area contributed by atoms with Crippen molar-refractivity contribution in [3.63, 3.8) is 0 Å². The van der Waals surface area contributed by atoms with Gasteiger partial charge in [0.1, 0.15) is 0 Å². The lowest BCUT2D eigenvalue weighted by molar-refractivity contribution is 0.122. The quantitative estimate of drug-likeness (QED) is 0.790. The highest BCUT2D eigenvalue weighted by Crippen LogP contribution is 2.32. The average molecular weight is 240 g/mol. The fourth-order valence-electron chi connectivity index (χ4n) is 2.88. The van der Waals surface area contributed by atoms with Crippen LogP contribution in [0.2, 0.25) is 0 Å². The maximum atomic E-state index is 11.6. The topological polar surface area (TPSA) is 50.4 Å². The number of ether oxygens (including phenoxy) is 1.